The summed E-state index contributed by atoms with van der Waals surface area (Å²) in [6.45, 7) is 2.22. The van der Waals surface area contributed by atoms with Crippen molar-refractivity contribution in [1.29, 1.82) is 0 Å². The van der Waals surface area contributed by atoms with Gasteiger partial charge >= 0.3 is 0 Å². The summed E-state index contributed by atoms with van der Waals surface area (Å²) in [4.78, 5) is 11.6. The van der Waals surface area contributed by atoms with Gasteiger partial charge in [-0.3, -0.25) is 4.79 Å². The highest BCUT2D eigenvalue weighted by molar-refractivity contribution is 5.81. The van der Waals surface area contributed by atoms with Gasteiger partial charge < -0.3 is 4.42 Å². The van der Waals surface area contributed by atoms with E-state index in [2.05, 4.69) is 6.92 Å². The zero-order valence-electron chi connectivity index (χ0n) is 8.53. The van der Waals surface area contributed by atoms with Gasteiger partial charge in [0.2, 0.25) is 0 Å². The summed E-state index contributed by atoms with van der Waals surface area (Å²) in [6.07, 6.45) is 5.31. The molecule has 1 fully saturated rings. The zero-order valence-corrected chi connectivity index (χ0v) is 8.53. The van der Waals surface area contributed by atoms with E-state index in [1.165, 1.54) is 0 Å². The molecule has 1 aromatic heterocycles. The average molecular weight is 192 g/mol. The van der Waals surface area contributed by atoms with Crippen LogP contribution in [0.3, 0.4) is 0 Å². The Morgan fingerprint density at radius 2 is 2.43 bits per heavy atom. The number of furan rings is 1. The lowest BCUT2D eigenvalue weighted by Crippen LogP contribution is -2.25. The van der Waals surface area contributed by atoms with Gasteiger partial charge in [-0.15, -0.1) is 0 Å². The van der Waals surface area contributed by atoms with E-state index in [0.29, 0.717) is 11.7 Å². The van der Waals surface area contributed by atoms with Crippen LogP contribution in [0.4, 0.5) is 0 Å². The Labute approximate surface area is 84.3 Å². The summed E-state index contributed by atoms with van der Waals surface area (Å²) >= 11 is 0. The van der Waals surface area contributed by atoms with E-state index in [0.717, 1.165) is 31.4 Å². The summed E-state index contributed by atoms with van der Waals surface area (Å²) < 4.78 is 5.27. The summed E-state index contributed by atoms with van der Waals surface area (Å²) in [5.41, 5.74) is 0. The number of carbonyl (C=O) groups is 1. The number of hydrogen-bond acceptors (Lipinski definition) is 2. The highest BCUT2D eigenvalue weighted by atomic mass is 16.3. The lowest BCUT2D eigenvalue weighted by atomic mass is 9.79. The Balaban J connectivity index is 1.99. The highest BCUT2D eigenvalue weighted by Gasteiger charge is 2.26. The SMILES string of the molecule is CC1CCC(=O)C(Cc2ccco2)C1. The van der Waals surface area contributed by atoms with Crippen LogP contribution in [0.1, 0.15) is 31.9 Å². The monoisotopic (exact) mass is 192 g/mol. The lowest BCUT2D eigenvalue weighted by molar-refractivity contribution is -0.125. The van der Waals surface area contributed by atoms with Crippen LogP contribution in [0, 0.1) is 11.8 Å². The van der Waals surface area contributed by atoms with E-state index in [-0.39, 0.29) is 5.92 Å². The summed E-state index contributed by atoms with van der Waals surface area (Å²) in [6, 6.07) is 3.83. The third-order valence-electron chi connectivity index (χ3n) is 3.05. The molecule has 0 spiro atoms. The van der Waals surface area contributed by atoms with Crippen molar-refractivity contribution < 1.29 is 9.21 Å². The Bertz CT molecular complexity index is 300. The highest BCUT2D eigenvalue weighted by Crippen LogP contribution is 2.28. The van der Waals surface area contributed by atoms with Crippen molar-refractivity contribution in [3.63, 3.8) is 0 Å². The van der Waals surface area contributed by atoms with E-state index in [1.807, 2.05) is 12.1 Å². The molecule has 0 saturated heterocycles. The van der Waals surface area contributed by atoms with Crippen LogP contribution >= 0.6 is 0 Å². The van der Waals surface area contributed by atoms with Crippen LogP contribution in [0.25, 0.3) is 0 Å². The second-order valence-electron chi connectivity index (χ2n) is 4.33. The molecule has 2 unspecified atom stereocenters. The van der Waals surface area contributed by atoms with Gasteiger partial charge in [-0.05, 0) is 30.9 Å². The molecule has 0 radical (unpaired) electrons. The maximum atomic E-state index is 11.6. The molecule has 0 N–H and O–H groups in total. The van der Waals surface area contributed by atoms with Crippen LogP contribution in [0.5, 0.6) is 0 Å². The molecular weight excluding hydrogens is 176 g/mol. The van der Waals surface area contributed by atoms with Crippen molar-refractivity contribution in [2.45, 2.75) is 32.6 Å². The molecule has 1 aliphatic carbocycles. The van der Waals surface area contributed by atoms with Gasteiger partial charge in [-0.25, -0.2) is 0 Å². The fourth-order valence-corrected chi connectivity index (χ4v) is 2.20. The van der Waals surface area contributed by atoms with E-state index >= 15 is 0 Å². The molecule has 0 aromatic carbocycles. The van der Waals surface area contributed by atoms with Gasteiger partial charge in [0, 0.05) is 18.8 Å². The molecule has 0 aliphatic heterocycles. The van der Waals surface area contributed by atoms with E-state index in [4.69, 9.17) is 4.42 Å². The molecule has 1 heterocycles. The first kappa shape index (κ1) is 9.50. The summed E-state index contributed by atoms with van der Waals surface area (Å²) in [7, 11) is 0. The first-order valence-corrected chi connectivity index (χ1v) is 5.31. The number of Topliss-reactive ketones (excluding diaryl/α,β-unsaturated/α-hetero) is 1. The molecule has 14 heavy (non-hydrogen) atoms. The minimum atomic E-state index is 0.199. The molecular formula is C12H16O2. The standard InChI is InChI=1S/C12H16O2/c1-9-4-5-12(13)10(7-9)8-11-3-2-6-14-11/h2-3,6,9-10H,4-5,7-8H2,1H3. The van der Waals surface area contributed by atoms with Crippen molar-refractivity contribution in [2.24, 2.45) is 11.8 Å². The molecule has 2 atom stereocenters. The Morgan fingerprint density at radius 3 is 3.14 bits per heavy atom. The zero-order chi connectivity index (χ0) is 9.97. The van der Waals surface area contributed by atoms with Gasteiger partial charge in [0.25, 0.3) is 0 Å². The van der Waals surface area contributed by atoms with E-state index < -0.39 is 0 Å². The van der Waals surface area contributed by atoms with Gasteiger partial charge in [0.05, 0.1) is 6.26 Å². The maximum Gasteiger partial charge on any atom is 0.136 e. The first-order chi connectivity index (χ1) is 6.75. The molecule has 0 bridgehead atoms. The van der Waals surface area contributed by atoms with Crippen LogP contribution in [-0.4, -0.2) is 5.78 Å². The van der Waals surface area contributed by atoms with E-state index in [9.17, 15) is 4.79 Å². The van der Waals surface area contributed by atoms with Crippen LogP contribution in [-0.2, 0) is 11.2 Å². The molecule has 1 aliphatic rings. The molecule has 1 aromatic rings. The number of rotatable bonds is 2. The minimum Gasteiger partial charge on any atom is -0.469 e. The van der Waals surface area contributed by atoms with Gasteiger partial charge in [-0.1, -0.05) is 6.92 Å². The minimum absolute atomic E-state index is 0.199. The second-order valence-corrected chi connectivity index (χ2v) is 4.33. The third kappa shape index (κ3) is 2.06. The van der Waals surface area contributed by atoms with Gasteiger partial charge in [0.15, 0.2) is 0 Å². The summed E-state index contributed by atoms with van der Waals surface area (Å²) in [5, 5.41) is 0. The normalized spacial score (nSPS) is 27.9. The second kappa shape index (κ2) is 3.99. The smallest absolute Gasteiger partial charge is 0.136 e. The van der Waals surface area contributed by atoms with Gasteiger partial charge in [-0.2, -0.15) is 0 Å². The maximum absolute atomic E-state index is 11.6. The molecule has 2 heteroatoms. The van der Waals surface area contributed by atoms with Crippen molar-refractivity contribution in [3.8, 4) is 0 Å². The molecule has 2 nitrogen and oxygen atoms in total. The van der Waals surface area contributed by atoms with Gasteiger partial charge in [0.1, 0.15) is 11.5 Å². The van der Waals surface area contributed by atoms with Crippen molar-refractivity contribution in [2.75, 3.05) is 0 Å². The Kier molecular flexibility index (Phi) is 2.71. The molecule has 76 valence electrons. The fourth-order valence-electron chi connectivity index (χ4n) is 2.20. The topological polar surface area (TPSA) is 30.2 Å². The van der Waals surface area contributed by atoms with Crippen LogP contribution in [0.2, 0.25) is 0 Å². The summed E-state index contributed by atoms with van der Waals surface area (Å²) in [5.74, 6) is 2.24. The average Bonchev–Trinajstić information content (AvgIpc) is 2.64. The fraction of sp³-hybridized carbons (Fsp3) is 0.583. The third-order valence-corrected chi connectivity index (χ3v) is 3.05. The lowest BCUT2D eigenvalue weighted by Gasteiger charge is -2.24. The van der Waals surface area contributed by atoms with Crippen LogP contribution in [0.15, 0.2) is 22.8 Å². The molecule has 0 amide bonds. The molecule has 2 rings (SSSR count). The quantitative estimate of drug-likeness (QED) is 0.721. The van der Waals surface area contributed by atoms with Crippen LogP contribution < -0.4 is 0 Å². The first-order valence-electron chi connectivity index (χ1n) is 5.31. The predicted molar refractivity (Wildman–Crippen MR) is 53.9 cm³/mol. The van der Waals surface area contributed by atoms with Crippen molar-refractivity contribution in [3.05, 3.63) is 24.2 Å². The largest absolute Gasteiger partial charge is 0.469 e. The molecule has 1 saturated carbocycles. The van der Waals surface area contributed by atoms with Crippen molar-refractivity contribution >= 4 is 5.78 Å². The van der Waals surface area contributed by atoms with E-state index in [1.54, 1.807) is 6.26 Å². The number of carbonyl (C=O) groups excluding carboxylic acids is 1. The Morgan fingerprint density at radius 1 is 1.57 bits per heavy atom. The number of hydrogen-bond donors (Lipinski definition) is 0. The number of ketones is 1. The van der Waals surface area contributed by atoms with Crippen molar-refractivity contribution in [1.82, 2.24) is 0 Å². The Hall–Kier alpha value is -1.05. The predicted octanol–water partition coefficient (Wildman–Crippen LogP) is 2.83.